The number of unbranched alkanes of at least 4 members (excludes halogenated alkanes) is 12. The van der Waals surface area contributed by atoms with Gasteiger partial charge in [0, 0.05) is 59.8 Å². The monoisotopic (exact) mass is 721 g/mol. The van der Waals surface area contributed by atoms with Crippen molar-refractivity contribution in [3.05, 3.63) is 119 Å². The van der Waals surface area contributed by atoms with Gasteiger partial charge in [-0.05, 0) is 110 Å². The second-order valence-corrected chi connectivity index (χ2v) is 15.0. The van der Waals surface area contributed by atoms with E-state index in [2.05, 4.69) is 158 Å². The predicted octanol–water partition coefficient (Wildman–Crippen LogP) is 14.1. The first-order valence-electron chi connectivity index (χ1n) is 21.6. The van der Waals surface area contributed by atoms with Gasteiger partial charge in [0.1, 0.15) is 0 Å². The third kappa shape index (κ3) is 15.5. The normalized spacial score (nSPS) is 10.7. The van der Waals surface area contributed by atoms with Crippen LogP contribution in [-0.2, 0) is 0 Å². The summed E-state index contributed by atoms with van der Waals surface area (Å²) in [5.74, 6) is 13.5. The van der Waals surface area contributed by atoms with Crippen molar-refractivity contribution in [2.45, 2.75) is 130 Å². The minimum absolute atomic E-state index is 1.03. The Hall–Kier alpha value is -4.40. The number of anilines is 2. The van der Waals surface area contributed by atoms with Crippen LogP contribution in [0.25, 0.3) is 11.1 Å². The Morgan fingerprint density at radius 3 is 0.778 bits per heavy atom. The van der Waals surface area contributed by atoms with Gasteiger partial charge in [-0.15, -0.1) is 0 Å². The second-order valence-electron chi connectivity index (χ2n) is 15.0. The Labute approximate surface area is 330 Å². The van der Waals surface area contributed by atoms with Gasteiger partial charge in [-0.1, -0.05) is 153 Å². The Morgan fingerprint density at radius 1 is 0.296 bits per heavy atom. The molecule has 286 valence electrons. The molecule has 0 saturated carbocycles. The lowest BCUT2D eigenvalue weighted by Crippen LogP contribution is -2.25. The Morgan fingerprint density at radius 2 is 0.537 bits per heavy atom. The number of rotatable bonds is 23. The average molecular weight is 721 g/mol. The molecule has 0 aliphatic carbocycles. The first-order chi connectivity index (χ1) is 26.6. The molecular formula is C52H68N2. The van der Waals surface area contributed by atoms with Crippen molar-refractivity contribution in [3.8, 4) is 34.8 Å². The van der Waals surface area contributed by atoms with E-state index in [-0.39, 0.29) is 0 Å². The molecule has 54 heavy (non-hydrogen) atoms. The fourth-order valence-electron chi connectivity index (χ4n) is 6.95. The van der Waals surface area contributed by atoms with E-state index in [9.17, 15) is 0 Å². The molecule has 2 heteroatoms. The highest BCUT2D eigenvalue weighted by molar-refractivity contribution is 5.66. The van der Waals surface area contributed by atoms with Crippen molar-refractivity contribution in [2.75, 3.05) is 36.0 Å². The fourth-order valence-corrected chi connectivity index (χ4v) is 6.95. The summed E-state index contributed by atoms with van der Waals surface area (Å²) in [4.78, 5) is 5.16. The number of nitrogens with zero attached hydrogens (tertiary/aromatic N) is 2. The molecule has 0 fully saturated rings. The summed E-state index contributed by atoms with van der Waals surface area (Å²) in [6.07, 6.45) is 20.8. The zero-order chi connectivity index (χ0) is 38.1. The molecule has 0 saturated heterocycles. The van der Waals surface area contributed by atoms with Gasteiger partial charge in [0.15, 0.2) is 0 Å². The summed E-state index contributed by atoms with van der Waals surface area (Å²) in [6.45, 7) is 13.7. The maximum Gasteiger partial charge on any atom is 0.0367 e. The third-order valence-electron chi connectivity index (χ3n) is 10.4. The minimum atomic E-state index is 1.03. The zero-order valence-electron chi connectivity index (χ0n) is 34.3. The van der Waals surface area contributed by atoms with Gasteiger partial charge in [0.25, 0.3) is 0 Å². The van der Waals surface area contributed by atoms with E-state index in [0.29, 0.717) is 0 Å². The molecule has 2 nitrogen and oxygen atoms in total. The van der Waals surface area contributed by atoms with E-state index >= 15 is 0 Å². The van der Waals surface area contributed by atoms with Crippen LogP contribution in [0.3, 0.4) is 0 Å². The van der Waals surface area contributed by atoms with Crippen molar-refractivity contribution in [1.29, 1.82) is 0 Å². The van der Waals surface area contributed by atoms with Crippen molar-refractivity contribution in [1.82, 2.24) is 0 Å². The molecule has 0 unspecified atom stereocenters. The van der Waals surface area contributed by atoms with Gasteiger partial charge < -0.3 is 9.80 Å². The van der Waals surface area contributed by atoms with E-state index in [1.807, 2.05) is 0 Å². The van der Waals surface area contributed by atoms with Crippen LogP contribution in [0.5, 0.6) is 0 Å². The molecule has 0 atom stereocenters. The summed E-state index contributed by atoms with van der Waals surface area (Å²) in [5, 5.41) is 0. The molecule has 0 aliphatic heterocycles. The smallest absolute Gasteiger partial charge is 0.0367 e. The molecule has 0 aliphatic rings. The molecule has 0 amide bonds. The van der Waals surface area contributed by atoms with Crippen molar-refractivity contribution < 1.29 is 0 Å². The lowest BCUT2D eigenvalue weighted by molar-refractivity contribution is 0.609. The van der Waals surface area contributed by atoms with Gasteiger partial charge in [-0.2, -0.15) is 0 Å². The Kier molecular flexibility index (Phi) is 20.1. The maximum atomic E-state index is 3.39. The van der Waals surface area contributed by atoms with Crippen LogP contribution in [0, 0.1) is 23.7 Å². The Balaban J connectivity index is 1.32. The van der Waals surface area contributed by atoms with Gasteiger partial charge in [0.2, 0.25) is 0 Å². The molecule has 0 spiro atoms. The van der Waals surface area contributed by atoms with Crippen LogP contribution >= 0.6 is 0 Å². The predicted molar refractivity (Wildman–Crippen MR) is 238 cm³/mol. The molecule has 0 radical (unpaired) electrons. The summed E-state index contributed by atoms with van der Waals surface area (Å²) in [5.41, 5.74) is 9.20. The van der Waals surface area contributed by atoms with E-state index in [4.69, 9.17) is 0 Å². The number of hydrogen-bond acceptors (Lipinski definition) is 2. The largest absolute Gasteiger partial charge is 0.372 e. The van der Waals surface area contributed by atoms with Gasteiger partial charge >= 0.3 is 0 Å². The summed E-state index contributed by atoms with van der Waals surface area (Å²) < 4.78 is 0. The van der Waals surface area contributed by atoms with Crippen molar-refractivity contribution >= 4 is 11.4 Å². The summed E-state index contributed by atoms with van der Waals surface area (Å²) in [6, 6.07) is 34.9. The van der Waals surface area contributed by atoms with E-state index < -0.39 is 0 Å². The highest BCUT2D eigenvalue weighted by Gasteiger charge is 2.08. The molecule has 4 aromatic carbocycles. The van der Waals surface area contributed by atoms with Crippen molar-refractivity contribution in [3.63, 3.8) is 0 Å². The molecule has 0 aromatic heterocycles. The fraction of sp³-hybridized carbons (Fsp3) is 0.462. The number of hydrogen-bond donors (Lipinski definition) is 0. The summed E-state index contributed by atoms with van der Waals surface area (Å²) in [7, 11) is 0. The van der Waals surface area contributed by atoms with E-state index in [0.717, 1.165) is 48.4 Å². The van der Waals surface area contributed by atoms with Crippen LogP contribution < -0.4 is 9.80 Å². The minimum Gasteiger partial charge on any atom is -0.372 e. The van der Waals surface area contributed by atoms with E-state index in [1.54, 1.807) is 0 Å². The topological polar surface area (TPSA) is 6.48 Å². The van der Waals surface area contributed by atoms with Gasteiger partial charge in [-0.3, -0.25) is 0 Å². The van der Waals surface area contributed by atoms with Crippen LogP contribution in [-0.4, -0.2) is 26.2 Å². The zero-order valence-corrected chi connectivity index (χ0v) is 34.3. The van der Waals surface area contributed by atoms with Crippen LogP contribution in [0.4, 0.5) is 11.4 Å². The van der Waals surface area contributed by atoms with Crippen LogP contribution in [0.1, 0.15) is 153 Å². The first kappa shape index (κ1) is 42.3. The average Bonchev–Trinajstić information content (AvgIpc) is 3.22. The molecule has 4 aromatic rings. The highest BCUT2D eigenvalue weighted by Crippen LogP contribution is 2.22. The second kappa shape index (κ2) is 25.6. The highest BCUT2D eigenvalue weighted by atomic mass is 15.1. The van der Waals surface area contributed by atoms with Gasteiger partial charge in [0.05, 0.1) is 0 Å². The molecule has 4 rings (SSSR count). The Bertz CT molecular complexity index is 1540. The standard InChI is InChI=1S/C52H68N2/c1-5-9-13-17-41-53(42-18-14-10-6-2)51-37-29-47(30-38-51)23-21-45-25-33-49(34-26-45)50-35-27-46(28-36-50)22-24-48-31-39-52(40-32-48)54(43-19-15-11-7-3)44-20-16-12-8-4/h25-40H,5-20,41-44H2,1-4H3. The third-order valence-corrected chi connectivity index (χ3v) is 10.4. The lowest BCUT2D eigenvalue weighted by atomic mass is 10.0. The van der Waals surface area contributed by atoms with E-state index in [1.165, 1.54) is 125 Å². The first-order valence-corrected chi connectivity index (χ1v) is 21.6. The lowest BCUT2D eigenvalue weighted by Gasteiger charge is -2.25. The SMILES string of the molecule is CCCCCCN(CCCCCC)c1ccc(C#Cc2ccc(-c3ccc(C#Cc4ccc(N(CCCCCC)CCCCCC)cc4)cc3)cc2)cc1. The molecular weight excluding hydrogens is 653 g/mol. The van der Waals surface area contributed by atoms with Crippen LogP contribution in [0.2, 0.25) is 0 Å². The van der Waals surface area contributed by atoms with Gasteiger partial charge in [-0.25, -0.2) is 0 Å². The number of benzene rings is 4. The quantitative estimate of drug-likeness (QED) is 0.0556. The van der Waals surface area contributed by atoms with Crippen LogP contribution in [0.15, 0.2) is 97.1 Å². The van der Waals surface area contributed by atoms with Crippen molar-refractivity contribution in [2.24, 2.45) is 0 Å². The summed E-state index contributed by atoms with van der Waals surface area (Å²) >= 11 is 0. The maximum absolute atomic E-state index is 3.39. The molecule has 0 heterocycles. The molecule has 0 bridgehead atoms. The molecule has 0 N–H and O–H groups in total.